The van der Waals surface area contributed by atoms with Gasteiger partial charge >= 0.3 is 0 Å². The van der Waals surface area contributed by atoms with Crippen molar-refractivity contribution in [3.05, 3.63) is 121 Å². The average molecular weight is 515 g/mol. The molecule has 6 aromatic rings. The average Bonchev–Trinajstić information content (AvgIpc) is 3.71. The molecule has 0 aliphatic heterocycles. The van der Waals surface area contributed by atoms with Gasteiger partial charge < -0.3 is 9.13 Å². The van der Waals surface area contributed by atoms with Crippen LogP contribution in [0.4, 0.5) is 0 Å². The SMILES string of the molecule is C=Cc1c(C=C)n(-c2ccc(-c3ccc(-n4c(C=C)c(/C=C\C)c5ccccc54)s3)s2)c2ccccc12. The highest BCUT2D eigenvalue weighted by molar-refractivity contribution is 7.24. The number of allylic oxidation sites excluding steroid dienone is 1. The van der Waals surface area contributed by atoms with E-state index in [-0.39, 0.29) is 0 Å². The van der Waals surface area contributed by atoms with E-state index in [2.05, 4.69) is 121 Å². The summed E-state index contributed by atoms with van der Waals surface area (Å²) in [5.74, 6) is 0. The van der Waals surface area contributed by atoms with E-state index < -0.39 is 0 Å². The molecule has 6 rings (SSSR count). The first kappa shape index (κ1) is 23.3. The van der Waals surface area contributed by atoms with Crippen LogP contribution in [0.2, 0.25) is 0 Å². The van der Waals surface area contributed by atoms with Crippen LogP contribution in [0.3, 0.4) is 0 Å². The Hall–Kier alpha value is -4.12. The molecule has 4 heterocycles. The topological polar surface area (TPSA) is 9.86 Å². The van der Waals surface area contributed by atoms with Gasteiger partial charge in [-0.1, -0.05) is 74.4 Å². The Morgan fingerprint density at radius 2 is 1.08 bits per heavy atom. The van der Waals surface area contributed by atoms with Crippen LogP contribution in [-0.4, -0.2) is 9.13 Å². The molecule has 0 unspecified atom stereocenters. The highest BCUT2D eigenvalue weighted by atomic mass is 32.1. The summed E-state index contributed by atoms with van der Waals surface area (Å²) in [5, 5.41) is 4.77. The van der Waals surface area contributed by atoms with E-state index >= 15 is 0 Å². The smallest absolute Gasteiger partial charge is 0.101 e. The van der Waals surface area contributed by atoms with Gasteiger partial charge in [0.25, 0.3) is 0 Å². The number of hydrogen-bond donors (Lipinski definition) is 0. The zero-order valence-corrected chi connectivity index (χ0v) is 22.3. The van der Waals surface area contributed by atoms with Crippen LogP contribution in [-0.2, 0) is 0 Å². The Morgan fingerprint density at radius 3 is 1.57 bits per heavy atom. The van der Waals surface area contributed by atoms with E-state index in [0.717, 1.165) is 22.0 Å². The first-order valence-electron chi connectivity index (χ1n) is 12.2. The molecule has 0 aliphatic rings. The number of hydrogen-bond acceptors (Lipinski definition) is 2. The highest BCUT2D eigenvalue weighted by Gasteiger charge is 2.18. The zero-order valence-electron chi connectivity index (χ0n) is 20.6. The first-order valence-corrected chi connectivity index (χ1v) is 13.8. The van der Waals surface area contributed by atoms with Crippen LogP contribution in [0.1, 0.15) is 29.4 Å². The van der Waals surface area contributed by atoms with Crippen molar-refractivity contribution in [1.29, 1.82) is 0 Å². The van der Waals surface area contributed by atoms with E-state index in [1.54, 1.807) is 22.7 Å². The van der Waals surface area contributed by atoms with E-state index in [4.69, 9.17) is 0 Å². The Balaban J connectivity index is 1.47. The fourth-order valence-corrected chi connectivity index (χ4v) is 7.32. The molecule has 0 N–H and O–H groups in total. The maximum absolute atomic E-state index is 4.14. The minimum Gasteiger partial charge on any atom is -0.301 e. The normalized spacial score (nSPS) is 11.6. The third-order valence-electron chi connectivity index (χ3n) is 6.70. The van der Waals surface area contributed by atoms with Gasteiger partial charge in [-0.05, 0) is 55.5 Å². The van der Waals surface area contributed by atoms with E-state index in [0.29, 0.717) is 0 Å². The molecule has 0 atom stereocenters. The zero-order chi connectivity index (χ0) is 25.5. The summed E-state index contributed by atoms with van der Waals surface area (Å²) in [7, 11) is 0. The lowest BCUT2D eigenvalue weighted by Gasteiger charge is -2.06. The molecule has 0 bridgehead atoms. The van der Waals surface area contributed by atoms with E-state index in [9.17, 15) is 0 Å². The largest absolute Gasteiger partial charge is 0.301 e. The molecule has 4 heteroatoms. The van der Waals surface area contributed by atoms with Crippen molar-refractivity contribution in [3.8, 4) is 19.8 Å². The number of para-hydroxylation sites is 2. The molecule has 0 aliphatic carbocycles. The summed E-state index contributed by atoms with van der Waals surface area (Å²) in [5.41, 5.74) is 6.87. The van der Waals surface area contributed by atoms with Crippen molar-refractivity contribution >= 4 is 68.8 Å². The van der Waals surface area contributed by atoms with Crippen LogP contribution in [0.15, 0.2) is 98.6 Å². The molecule has 0 radical (unpaired) electrons. The summed E-state index contributed by atoms with van der Waals surface area (Å²) < 4.78 is 4.62. The molecule has 180 valence electrons. The van der Waals surface area contributed by atoms with Gasteiger partial charge in [0, 0.05) is 31.7 Å². The molecular weight excluding hydrogens is 489 g/mol. The van der Waals surface area contributed by atoms with Gasteiger partial charge in [0.2, 0.25) is 0 Å². The summed E-state index contributed by atoms with van der Waals surface area (Å²) in [4.78, 5) is 2.48. The Morgan fingerprint density at radius 1 is 0.595 bits per heavy atom. The molecular formula is C33H26N2S2. The lowest BCUT2D eigenvalue weighted by Crippen LogP contribution is -1.93. The Kier molecular flexibility index (Phi) is 5.91. The number of aromatic nitrogens is 2. The number of nitrogens with zero attached hydrogens (tertiary/aromatic N) is 2. The minimum atomic E-state index is 1.07. The van der Waals surface area contributed by atoms with Crippen LogP contribution in [0, 0.1) is 0 Å². The number of thiophene rings is 2. The second kappa shape index (κ2) is 9.40. The molecule has 2 aromatic carbocycles. The predicted octanol–water partition coefficient (Wildman–Crippen LogP) is 10.3. The molecule has 4 aromatic heterocycles. The molecule has 0 spiro atoms. The fourth-order valence-electron chi connectivity index (χ4n) is 5.16. The van der Waals surface area contributed by atoms with Gasteiger partial charge in [0.05, 0.1) is 22.4 Å². The third-order valence-corrected chi connectivity index (χ3v) is 9.03. The minimum absolute atomic E-state index is 1.07. The molecule has 2 nitrogen and oxygen atoms in total. The van der Waals surface area contributed by atoms with Crippen LogP contribution in [0.5, 0.6) is 0 Å². The van der Waals surface area contributed by atoms with Crippen molar-refractivity contribution in [1.82, 2.24) is 9.13 Å². The second-order valence-electron chi connectivity index (χ2n) is 8.69. The van der Waals surface area contributed by atoms with Crippen molar-refractivity contribution in [3.63, 3.8) is 0 Å². The standard InChI is InChI=1S/C33H26N2S2/c1-5-13-23-25-15-10-12-17-29(25)35(27(23)8-4)33-21-19-31(37-33)30-18-20-32(36-30)34-26(7-3)22(6-2)24-14-9-11-16-28(24)34/h5-21H,2-4H2,1H3/b13-5-. The Bertz CT molecular complexity index is 1850. The van der Waals surface area contributed by atoms with Gasteiger partial charge in [-0.2, -0.15) is 0 Å². The van der Waals surface area contributed by atoms with Gasteiger partial charge in [-0.3, -0.25) is 0 Å². The monoisotopic (exact) mass is 514 g/mol. The van der Waals surface area contributed by atoms with Crippen molar-refractivity contribution in [2.75, 3.05) is 0 Å². The highest BCUT2D eigenvalue weighted by Crippen LogP contribution is 2.41. The fraction of sp³-hybridized carbons (Fsp3) is 0.0303. The van der Waals surface area contributed by atoms with Crippen LogP contribution < -0.4 is 0 Å². The van der Waals surface area contributed by atoms with Crippen molar-refractivity contribution in [2.45, 2.75) is 6.92 Å². The summed E-state index contributed by atoms with van der Waals surface area (Å²) in [6.45, 7) is 14.4. The van der Waals surface area contributed by atoms with E-state index in [1.165, 1.54) is 42.1 Å². The van der Waals surface area contributed by atoms with Crippen molar-refractivity contribution in [2.24, 2.45) is 0 Å². The maximum atomic E-state index is 4.14. The number of rotatable bonds is 7. The molecule has 0 saturated carbocycles. The summed E-state index contributed by atoms with van der Waals surface area (Å²) >= 11 is 3.60. The molecule has 0 fully saturated rings. The maximum Gasteiger partial charge on any atom is 0.101 e. The summed E-state index contributed by atoms with van der Waals surface area (Å²) in [6.07, 6.45) is 10.1. The molecule has 0 amide bonds. The van der Waals surface area contributed by atoms with Gasteiger partial charge in [-0.25, -0.2) is 0 Å². The van der Waals surface area contributed by atoms with Crippen LogP contribution in [0.25, 0.3) is 65.9 Å². The summed E-state index contributed by atoms with van der Waals surface area (Å²) in [6, 6.07) is 25.9. The quantitative estimate of drug-likeness (QED) is 0.200. The van der Waals surface area contributed by atoms with E-state index in [1.807, 2.05) is 18.2 Å². The first-order chi connectivity index (χ1) is 18.2. The number of benzene rings is 2. The predicted molar refractivity (Wildman–Crippen MR) is 166 cm³/mol. The number of fused-ring (bicyclic) bond motifs is 2. The van der Waals surface area contributed by atoms with Gasteiger partial charge in [0.1, 0.15) is 10.0 Å². The third kappa shape index (κ3) is 3.60. The Labute approximate surface area is 225 Å². The molecule has 0 saturated heterocycles. The lowest BCUT2D eigenvalue weighted by atomic mass is 10.1. The second-order valence-corrected chi connectivity index (χ2v) is 10.8. The van der Waals surface area contributed by atoms with Crippen molar-refractivity contribution < 1.29 is 0 Å². The van der Waals surface area contributed by atoms with Gasteiger partial charge in [-0.15, -0.1) is 22.7 Å². The van der Waals surface area contributed by atoms with Crippen LogP contribution >= 0.6 is 22.7 Å². The molecule has 37 heavy (non-hydrogen) atoms. The van der Waals surface area contributed by atoms with Gasteiger partial charge in [0.15, 0.2) is 0 Å². The lowest BCUT2D eigenvalue weighted by molar-refractivity contribution is 1.14.